The molecule has 1 fully saturated rings. The molecule has 2 unspecified atom stereocenters. The molecule has 0 heterocycles. The Balaban J connectivity index is 2.04. The second-order valence-corrected chi connectivity index (χ2v) is 5.98. The average Bonchev–Trinajstić information content (AvgIpc) is 2.79. The van der Waals surface area contributed by atoms with Crippen molar-refractivity contribution < 1.29 is 4.92 Å². The predicted octanol–water partition coefficient (Wildman–Crippen LogP) is 3.94. The molecule has 0 aliphatic heterocycles. The van der Waals surface area contributed by atoms with Crippen LogP contribution in [0, 0.1) is 10.1 Å². The third-order valence-corrected chi connectivity index (χ3v) is 4.65. The van der Waals surface area contributed by atoms with E-state index in [-0.39, 0.29) is 5.69 Å². The van der Waals surface area contributed by atoms with Gasteiger partial charge in [-0.3, -0.25) is 10.1 Å². The smallest absolute Gasteiger partial charge is 0.271 e. The molecule has 98 valence electrons. The lowest BCUT2D eigenvalue weighted by Crippen LogP contribution is -2.16. The molecule has 2 atom stereocenters. The largest absolute Gasteiger partial charge is 0.381 e. The van der Waals surface area contributed by atoms with Gasteiger partial charge in [0.1, 0.15) is 0 Å². The minimum absolute atomic E-state index is 0.0268. The number of nitrogens with one attached hydrogen (secondary N) is 1. The first-order valence-corrected chi connectivity index (χ1v) is 7.50. The molecule has 0 radical (unpaired) electrons. The molecular formula is C12H15ClN2O2S. The van der Waals surface area contributed by atoms with Crippen LogP contribution in [0.15, 0.2) is 18.2 Å². The van der Waals surface area contributed by atoms with Crippen molar-refractivity contribution in [1.29, 1.82) is 0 Å². The van der Waals surface area contributed by atoms with E-state index in [2.05, 4.69) is 11.6 Å². The van der Waals surface area contributed by atoms with Crippen molar-refractivity contribution >= 4 is 34.7 Å². The zero-order valence-electron chi connectivity index (χ0n) is 10.1. The third kappa shape index (κ3) is 3.09. The maximum atomic E-state index is 10.6. The zero-order valence-corrected chi connectivity index (χ0v) is 11.6. The van der Waals surface area contributed by atoms with E-state index in [9.17, 15) is 10.1 Å². The summed E-state index contributed by atoms with van der Waals surface area (Å²) in [6.45, 7) is 0. The zero-order chi connectivity index (χ0) is 13.1. The van der Waals surface area contributed by atoms with Crippen molar-refractivity contribution in [2.45, 2.75) is 30.6 Å². The maximum Gasteiger partial charge on any atom is 0.271 e. The molecular weight excluding hydrogens is 272 g/mol. The second-order valence-electron chi connectivity index (χ2n) is 4.43. The van der Waals surface area contributed by atoms with E-state index in [0.717, 1.165) is 18.5 Å². The second kappa shape index (κ2) is 5.80. The minimum Gasteiger partial charge on any atom is -0.381 e. The van der Waals surface area contributed by atoms with Gasteiger partial charge < -0.3 is 5.32 Å². The quantitative estimate of drug-likeness (QED) is 0.673. The summed E-state index contributed by atoms with van der Waals surface area (Å²) in [5.74, 6) is 0. The van der Waals surface area contributed by atoms with Crippen molar-refractivity contribution in [3.05, 3.63) is 33.3 Å². The highest BCUT2D eigenvalue weighted by Gasteiger charge is 2.24. The molecule has 1 aliphatic rings. The first kappa shape index (κ1) is 13.5. The first-order valence-electron chi connectivity index (χ1n) is 5.83. The monoisotopic (exact) mass is 286 g/mol. The fraction of sp³-hybridized carbons (Fsp3) is 0.500. The van der Waals surface area contributed by atoms with E-state index in [1.807, 2.05) is 11.8 Å². The van der Waals surface area contributed by atoms with Gasteiger partial charge in [-0.25, -0.2) is 0 Å². The Labute approximate surface area is 115 Å². The number of nitrogens with zero attached hydrogens (tertiary/aromatic N) is 1. The molecule has 1 aromatic rings. The van der Waals surface area contributed by atoms with Crippen LogP contribution in [0.3, 0.4) is 0 Å². The van der Waals surface area contributed by atoms with Gasteiger partial charge in [-0.2, -0.15) is 11.8 Å². The topological polar surface area (TPSA) is 55.2 Å². The van der Waals surface area contributed by atoms with Crippen LogP contribution in [0.2, 0.25) is 5.02 Å². The summed E-state index contributed by atoms with van der Waals surface area (Å²) >= 11 is 7.94. The van der Waals surface area contributed by atoms with E-state index < -0.39 is 4.92 Å². The van der Waals surface area contributed by atoms with Gasteiger partial charge in [0.15, 0.2) is 0 Å². The van der Waals surface area contributed by atoms with Crippen LogP contribution in [-0.4, -0.2) is 22.5 Å². The lowest BCUT2D eigenvalue weighted by Gasteiger charge is -2.15. The lowest BCUT2D eigenvalue weighted by molar-refractivity contribution is -0.384. The number of anilines is 1. The highest BCUT2D eigenvalue weighted by molar-refractivity contribution is 7.99. The van der Waals surface area contributed by atoms with E-state index in [4.69, 9.17) is 11.6 Å². The maximum absolute atomic E-state index is 10.6. The summed E-state index contributed by atoms with van der Waals surface area (Å²) in [5.41, 5.74) is 0.813. The molecule has 0 bridgehead atoms. The van der Waals surface area contributed by atoms with Crippen molar-refractivity contribution in [3.8, 4) is 0 Å². The summed E-state index contributed by atoms with van der Waals surface area (Å²) in [4.78, 5) is 10.2. The number of thioether (sulfide) groups is 1. The molecule has 6 heteroatoms. The van der Waals surface area contributed by atoms with Crippen LogP contribution in [-0.2, 0) is 0 Å². The molecule has 1 aliphatic carbocycles. The number of halogens is 1. The SMILES string of the molecule is CSC1CCC(Nc2ccc([N+](=O)[O-])cc2Cl)C1. The summed E-state index contributed by atoms with van der Waals surface area (Å²) in [5, 5.41) is 15.1. The molecule has 1 N–H and O–H groups in total. The molecule has 1 saturated carbocycles. The van der Waals surface area contributed by atoms with Crippen LogP contribution in [0.1, 0.15) is 19.3 Å². The average molecular weight is 287 g/mol. The Hall–Kier alpha value is -0.940. The van der Waals surface area contributed by atoms with Crippen LogP contribution in [0.4, 0.5) is 11.4 Å². The lowest BCUT2D eigenvalue weighted by atomic mass is 10.2. The standard InChI is InChI=1S/C12H15ClN2O2S/c1-18-10-4-2-8(6-10)14-12-5-3-9(15(16)17)7-11(12)13/h3,5,7-8,10,14H,2,4,6H2,1H3. The highest BCUT2D eigenvalue weighted by atomic mass is 35.5. The number of benzene rings is 1. The van der Waals surface area contributed by atoms with Crippen LogP contribution < -0.4 is 5.32 Å². The third-order valence-electron chi connectivity index (χ3n) is 3.24. The highest BCUT2D eigenvalue weighted by Crippen LogP contribution is 2.33. The van der Waals surface area contributed by atoms with Gasteiger partial charge in [0.25, 0.3) is 5.69 Å². The van der Waals surface area contributed by atoms with Crippen molar-refractivity contribution in [1.82, 2.24) is 0 Å². The first-order chi connectivity index (χ1) is 8.60. The Morgan fingerprint density at radius 2 is 2.28 bits per heavy atom. The summed E-state index contributed by atoms with van der Waals surface area (Å²) in [7, 11) is 0. The summed E-state index contributed by atoms with van der Waals surface area (Å²) in [6, 6.07) is 4.98. The van der Waals surface area contributed by atoms with E-state index >= 15 is 0 Å². The van der Waals surface area contributed by atoms with Gasteiger partial charge in [-0.05, 0) is 31.6 Å². The Morgan fingerprint density at radius 1 is 1.50 bits per heavy atom. The van der Waals surface area contributed by atoms with E-state index in [0.29, 0.717) is 16.3 Å². The number of non-ortho nitro benzene ring substituents is 1. The summed E-state index contributed by atoms with van der Waals surface area (Å²) < 4.78 is 0. The van der Waals surface area contributed by atoms with E-state index in [1.54, 1.807) is 6.07 Å². The molecule has 0 spiro atoms. The van der Waals surface area contributed by atoms with Gasteiger partial charge in [0, 0.05) is 23.4 Å². The van der Waals surface area contributed by atoms with Crippen molar-refractivity contribution in [3.63, 3.8) is 0 Å². The Morgan fingerprint density at radius 3 is 2.83 bits per heavy atom. The fourth-order valence-electron chi connectivity index (χ4n) is 2.24. The van der Waals surface area contributed by atoms with E-state index in [1.165, 1.54) is 18.6 Å². The Kier molecular flexibility index (Phi) is 4.35. The number of nitro groups is 1. The molecule has 18 heavy (non-hydrogen) atoms. The molecule has 4 nitrogen and oxygen atoms in total. The molecule has 1 aromatic carbocycles. The van der Waals surface area contributed by atoms with Crippen LogP contribution in [0.25, 0.3) is 0 Å². The minimum atomic E-state index is -0.436. The van der Waals surface area contributed by atoms with Gasteiger partial charge in [-0.15, -0.1) is 0 Å². The van der Waals surface area contributed by atoms with Gasteiger partial charge in [0.05, 0.1) is 15.6 Å². The van der Waals surface area contributed by atoms with Gasteiger partial charge in [0.2, 0.25) is 0 Å². The Bertz CT molecular complexity index is 456. The predicted molar refractivity (Wildman–Crippen MR) is 76.7 cm³/mol. The molecule has 0 aromatic heterocycles. The fourth-order valence-corrected chi connectivity index (χ4v) is 3.27. The normalized spacial score (nSPS) is 23.0. The van der Waals surface area contributed by atoms with Crippen LogP contribution >= 0.6 is 23.4 Å². The number of rotatable bonds is 4. The van der Waals surface area contributed by atoms with Gasteiger partial charge >= 0.3 is 0 Å². The summed E-state index contributed by atoms with van der Waals surface area (Å²) in [6.07, 6.45) is 5.59. The van der Waals surface area contributed by atoms with Gasteiger partial charge in [-0.1, -0.05) is 11.6 Å². The molecule has 0 amide bonds. The number of hydrogen-bond acceptors (Lipinski definition) is 4. The van der Waals surface area contributed by atoms with Crippen molar-refractivity contribution in [2.24, 2.45) is 0 Å². The number of hydrogen-bond donors (Lipinski definition) is 1. The number of nitro benzene ring substituents is 1. The molecule has 2 rings (SSSR count). The van der Waals surface area contributed by atoms with Crippen LogP contribution in [0.5, 0.6) is 0 Å². The molecule has 0 saturated heterocycles. The van der Waals surface area contributed by atoms with Crippen molar-refractivity contribution in [2.75, 3.05) is 11.6 Å².